The molecule has 1 aromatic heterocycles. The lowest BCUT2D eigenvalue weighted by Gasteiger charge is -2.02. The Labute approximate surface area is 101 Å². The Balaban J connectivity index is 2.53. The van der Waals surface area contributed by atoms with Crippen molar-refractivity contribution in [3.05, 3.63) is 34.7 Å². The molecule has 0 atom stereocenters. The van der Waals surface area contributed by atoms with Gasteiger partial charge >= 0.3 is 0 Å². The van der Waals surface area contributed by atoms with Crippen LogP contribution in [0.1, 0.15) is 6.92 Å². The highest BCUT2D eigenvalue weighted by Crippen LogP contribution is 2.31. The van der Waals surface area contributed by atoms with Crippen LogP contribution in [0.5, 0.6) is 0 Å². The minimum absolute atomic E-state index is 0.288. The largest absolute Gasteiger partial charge is 0.396 e. The van der Waals surface area contributed by atoms with Crippen molar-refractivity contribution in [1.82, 2.24) is 9.78 Å². The molecule has 0 radical (unpaired) electrons. The fourth-order valence-electron chi connectivity index (χ4n) is 1.49. The number of rotatable bonds is 2. The maximum Gasteiger partial charge on any atom is 0.124 e. The summed E-state index contributed by atoms with van der Waals surface area (Å²) in [4.78, 5) is 0. The van der Waals surface area contributed by atoms with Gasteiger partial charge in [0.05, 0.1) is 5.69 Å². The van der Waals surface area contributed by atoms with E-state index in [-0.39, 0.29) is 5.82 Å². The van der Waals surface area contributed by atoms with Crippen molar-refractivity contribution in [3.8, 4) is 11.3 Å². The van der Waals surface area contributed by atoms with Crippen LogP contribution >= 0.6 is 15.9 Å². The van der Waals surface area contributed by atoms with E-state index in [0.29, 0.717) is 15.9 Å². The molecular formula is C11H11BrFN3. The van der Waals surface area contributed by atoms with E-state index in [9.17, 15) is 4.39 Å². The first-order valence-electron chi connectivity index (χ1n) is 4.90. The zero-order chi connectivity index (χ0) is 11.7. The fraction of sp³-hybridized carbons (Fsp3) is 0.182. The molecule has 5 heteroatoms. The number of aromatic nitrogens is 2. The molecule has 16 heavy (non-hydrogen) atoms. The van der Waals surface area contributed by atoms with Crippen molar-refractivity contribution in [2.75, 3.05) is 5.73 Å². The second-order valence-electron chi connectivity index (χ2n) is 3.41. The molecule has 1 aromatic carbocycles. The maximum absolute atomic E-state index is 12.9. The van der Waals surface area contributed by atoms with Crippen LogP contribution in [0.4, 0.5) is 10.1 Å². The number of anilines is 1. The molecule has 3 nitrogen and oxygen atoms in total. The predicted molar refractivity (Wildman–Crippen MR) is 65.4 cm³/mol. The Hall–Kier alpha value is -1.36. The third-order valence-electron chi connectivity index (χ3n) is 2.30. The highest BCUT2D eigenvalue weighted by Gasteiger charge is 2.11. The van der Waals surface area contributed by atoms with Crippen molar-refractivity contribution in [2.45, 2.75) is 13.5 Å². The van der Waals surface area contributed by atoms with Gasteiger partial charge in [-0.3, -0.25) is 4.68 Å². The lowest BCUT2D eigenvalue weighted by molar-refractivity contribution is 0.627. The first kappa shape index (κ1) is 11.1. The van der Waals surface area contributed by atoms with E-state index in [1.165, 1.54) is 12.1 Å². The second-order valence-corrected chi connectivity index (χ2v) is 4.27. The topological polar surface area (TPSA) is 43.8 Å². The van der Waals surface area contributed by atoms with Gasteiger partial charge in [0, 0.05) is 22.8 Å². The molecule has 0 saturated heterocycles. The van der Waals surface area contributed by atoms with Gasteiger partial charge in [-0.05, 0) is 41.1 Å². The Morgan fingerprint density at radius 3 is 2.81 bits per heavy atom. The van der Waals surface area contributed by atoms with Crippen LogP contribution in [0, 0.1) is 5.82 Å². The Morgan fingerprint density at radius 2 is 2.25 bits per heavy atom. The molecule has 0 aliphatic carbocycles. The highest BCUT2D eigenvalue weighted by atomic mass is 79.9. The normalized spacial score (nSPS) is 10.7. The lowest BCUT2D eigenvalue weighted by atomic mass is 10.1. The molecule has 0 bridgehead atoms. The number of nitrogen functional groups attached to an aromatic ring is 1. The molecule has 2 N–H and O–H groups in total. The van der Waals surface area contributed by atoms with Crippen LogP contribution in [0.2, 0.25) is 0 Å². The van der Waals surface area contributed by atoms with Crippen molar-refractivity contribution < 1.29 is 4.39 Å². The van der Waals surface area contributed by atoms with Crippen molar-refractivity contribution in [3.63, 3.8) is 0 Å². The monoisotopic (exact) mass is 283 g/mol. The van der Waals surface area contributed by atoms with Crippen LogP contribution < -0.4 is 5.73 Å². The molecule has 2 aromatic rings. The quantitative estimate of drug-likeness (QED) is 0.921. The summed E-state index contributed by atoms with van der Waals surface area (Å²) in [5.74, 6) is -0.288. The minimum atomic E-state index is -0.288. The number of hydrogen-bond acceptors (Lipinski definition) is 2. The Bertz CT molecular complexity index is 522. The zero-order valence-corrected chi connectivity index (χ0v) is 10.3. The molecule has 0 saturated carbocycles. The Kier molecular flexibility index (Phi) is 2.96. The van der Waals surface area contributed by atoms with E-state index in [2.05, 4.69) is 21.0 Å². The van der Waals surface area contributed by atoms with Gasteiger partial charge in [-0.15, -0.1) is 0 Å². The average molecular weight is 284 g/mol. The number of halogens is 2. The Morgan fingerprint density at radius 1 is 1.50 bits per heavy atom. The average Bonchev–Trinajstić information content (AvgIpc) is 2.60. The van der Waals surface area contributed by atoms with Crippen LogP contribution in [0.25, 0.3) is 11.3 Å². The van der Waals surface area contributed by atoms with Gasteiger partial charge in [-0.25, -0.2) is 4.39 Å². The highest BCUT2D eigenvalue weighted by molar-refractivity contribution is 9.10. The van der Waals surface area contributed by atoms with Gasteiger partial charge in [0.2, 0.25) is 0 Å². The van der Waals surface area contributed by atoms with Gasteiger partial charge < -0.3 is 5.73 Å². The molecule has 0 spiro atoms. The van der Waals surface area contributed by atoms with Crippen LogP contribution in [-0.2, 0) is 6.54 Å². The van der Waals surface area contributed by atoms with E-state index in [0.717, 1.165) is 12.1 Å². The third kappa shape index (κ3) is 1.95. The molecule has 0 fully saturated rings. The molecule has 84 valence electrons. The smallest absolute Gasteiger partial charge is 0.124 e. The van der Waals surface area contributed by atoms with Crippen molar-refractivity contribution in [2.24, 2.45) is 0 Å². The SMILES string of the molecule is CCn1cc(N)c(-c2ccc(F)cc2Br)n1. The van der Waals surface area contributed by atoms with Crippen LogP contribution in [0.3, 0.4) is 0 Å². The van der Waals surface area contributed by atoms with Crippen molar-refractivity contribution >= 4 is 21.6 Å². The van der Waals surface area contributed by atoms with Crippen LogP contribution in [-0.4, -0.2) is 9.78 Å². The number of aryl methyl sites for hydroxylation is 1. The lowest BCUT2D eigenvalue weighted by Crippen LogP contribution is -1.94. The first-order chi connectivity index (χ1) is 7.61. The molecule has 2 rings (SSSR count). The van der Waals surface area contributed by atoms with E-state index in [1.807, 2.05) is 6.92 Å². The van der Waals surface area contributed by atoms with Gasteiger partial charge in [0.15, 0.2) is 0 Å². The summed E-state index contributed by atoms with van der Waals surface area (Å²) in [5, 5.41) is 4.33. The molecular weight excluding hydrogens is 273 g/mol. The summed E-state index contributed by atoms with van der Waals surface area (Å²) >= 11 is 3.30. The number of nitrogens with zero attached hydrogens (tertiary/aromatic N) is 2. The summed E-state index contributed by atoms with van der Waals surface area (Å²) in [6, 6.07) is 4.46. The number of nitrogens with two attached hydrogens (primary N) is 1. The summed E-state index contributed by atoms with van der Waals surface area (Å²) < 4.78 is 15.4. The van der Waals surface area contributed by atoms with Crippen LogP contribution in [0.15, 0.2) is 28.9 Å². The minimum Gasteiger partial charge on any atom is -0.396 e. The molecule has 0 amide bonds. The molecule has 0 aliphatic rings. The number of hydrogen-bond donors (Lipinski definition) is 1. The fourth-order valence-corrected chi connectivity index (χ4v) is 2.03. The van der Waals surface area contributed by atoms with E-state index >= 15 is 0 Å². The van der Waals surface area contributed by atoms with E-state index in [4.69, 9.17) is 5.73 Å². The van der Waals surface area contributed by atoms with E-state index < -0.39 is 0 Å². The predicted octanol–water partition coefficient (Wildman–Crippen LogP) is 3.05. The van der Waals surface area contributed by atoms with E-state index in [1.54, 1.807) is 16.9 Å². The number of benzene rings is 1. The van der Waals surface area contributed by atoms with Gasteiger partial charge in [-0.1, -0.05) is 0 Å². The summed E-state index contributed by atoms with van der Waals surface area (Å²) in [6.07, 6.45) is 1.77. The first-order valence-corrected chi connectivity index (χ1v) is 5.69. The summed E-state index contributed by atoms with van der Waals surface area (Å²) in [7, 11) is 0. The maximum atomic E-state index is 12.9. The molecule has 1 heterocycles. The van der Waals surface area contributed by atoms with Gasteiger partial charge in [0.1, 0.15) is 11.5 Å². The molecule has 0 aliphatic heterocycles. The summed E-state index contributed by atoms with van der Waals surface area (Å²) in [6.45, 7) is 2.74. The second kappa shape index (κ2) is 4.25. The summed E-state index contributed by atoms with van der Waals surface area (Å²) in [5.41, 5.74) is 7.92. The van der Waals surface area contributed by atoms with Crippen molar-refractivity contribution in [1.29, 1.82) is 0 Å². The third-order valence-corrected chi connectivity index (χ3v) is 2.96. The molecule has 0 unspecified atom stereocenters. The standard InChI is InChI=1S/C11H11BrFN3/c1-2-16-6-10(14)11(15-16)8-4-3-7(13)5-9(8)12/h3-6H,2,14H2,1H3. The van der Waals surface area contributed by atoms with Gasteiger partial charge in [-0.2, -0.15) is 5.10 Å². The zero-order valence-electron chi connectivity index (χ0n) is 8.74. The van der Waals surface area contributed by atoms with Gasteiger partial charge in [0.25, 0.3) is 0 Å².